The summed E-state index contributed by atoms with van der Waals surface area (Å²) < 4.78 is 26.4. The standard InChI is InChI=1S/C16H10F2N2O3/c17-8-5-6-12(10(18)7-8)20-16(23)13-14(21)9-3-1-2-4-11(9)19-15(13)22/h1-7H,(H,20,23)(H2,19,21,22). The zero-order valence-electron chi connectivity index (χ0n) is 11.6. The van der Waals surface area contributed by atoms with Gasteiger partial charge in [0.2, 0.25) is 0 Å². The molecule has 5 nitrogen and oxygen atoms in total. The Bertz CT molecular complexity index is 983. The largest absolute Gasteiger partial charge is 0.506 e. The number of hydrogen-bond acceptors (Lipinski definition) is 3. The van der Waals surface area contributed by atoms with Crippen LogP contribution < -0.4 is 10.9 Å². The van der Waals surface area contributed by atoms with E-state index in [1.807, 2.05) is 0 Å². The number of hydrogen-bond donors (Lipinski definition) is 3. The lowest BCUT2D eigenvalue weighted by molar-refractivity contribution is 0.102. The molecule has 23 heavy (non-hydrogen) atoms. The van der Waals surface area contributed by atoms with Crippen molar-refractivity contribution in [1.29, 1.82) is 0 Å². The maximum Gasteiger partial charge on any atom is 0.265 e. The molecule has 0 saturated heterocycles. The maximum absolute atomic E-state index is 13.6. The van der Waals surface area contributed by atoms with Crippen LogP contribution in [-0.4, -0.2) is 16.0 Å². The van der Waals surface area contributed by atoms with Crippen LogP contribution in [0.3, 0.4) is 0 Å². The first kappa shape index (κ1) is 14.7. The second-order valence-corrected chi connectivity index (χ2v) is 4.80. The van der Waals surface area contributed by atoms with E-state index in [1.165, 1.54) is 6.07 Å². The third-order valence-corrected chi connectivity index (χ3v) is 3.30. The van der Waals surface area contributed by atoms with Gasteiger partial charge in [0.15, 0.2) is 0 Å². The Hall–Kier alpha value is -3.22. The number of benzene rings is 2. The number of aromatic amines is 1. The molecule has 1 heterocycles. The van der Waals surface area contributed by atoms with Crippen molar-refractivity contribution in [1.82, 2.24) is 4.98 Å². The first-order valence-corrected chi connectivity index (χ1v) is 6.58. The monoisotopic (exact) mass is 316 g/mol. The third kappa shape index (κ3) is 2.64. The van der Waals surface area contributed by atoms with Crippen LogP contribution in [0.5, 0.6) is 5.75 Å². The number of carbonyl (C=O) groups excluding carboxylic acids is 1. The number of nitrogens with one attached hydrogen (secondary N) is 2. The number of fused-ring (bicyclic) bond motifs is 1. The van der Waals surface area contributed by atoms with Crippen molar-refractivity contribution in [3.05, 3.63) is 70.0 Å². The van der Waals surface area contributed by atoms with E-state index in [9.17, 15) is 23.5 Å². The normalized spacial score (nSPS) is 10.7. The Balaban J connectivity index is 2.06. The molecule has 3 rings (SSSR count). The highest BCUT2D eigenvalue weighted by atomic mass is 19.1. The molecular formula is C16H10F2N2O3. The van der Waals surface area contributed by atoms with Crippen molar-refractivity contribution in [2.45, 2.75) is 0 Å². The van der Waals surface area contributed by atoms with Crippen LogP contribution in [0.1, 0.15) is 10.4 Å². The van der Waals surface area contributed by atoms with E-state index in [0.717, 1.165) is 12.1 Å². The molecule has 2 aromatic carbocycles. The molecule has 0 unspecified atom stereocenters. The molecule has 1 amide bonds. The summed E-state index contributed by atoms with van der Waals surface area (Å²) >= 11 is 0. The molecule has 0 bridgehead atoms. The predicted octanol–water partition coefficient (Wildman–Crippen LogP) is 2.76. The minimum Gasteiger partial charge on any atom is -0.506 e. The van der Waals surface area contributed by atoms with Gasteiger partial charge in [-0.05, 0) is 24.3 Å². The van der Waals surface area contributed by atoms with Gasteiger partial charge in [-0.1, -0.05) is 12.1 Å². The summed E-state index contributed by atoms with van der Waals surface area (Å²) in [5.41, 5.74) is -1.31. The van der Waals surface area contributed by atoms with Crippen LogP contribution in [0.15, 0.2) is 47.3 Å². The number of carbonyl (C=O) groups is 1. The van der Waals surface area contributed by atoms with Gasteiger partial charge < -0.3 is 15.4 Å². The number of H-pyrrole nitrogens is 1. The molecule has 7 heteroatoms. The topological polar surface area (TPSA) is 82.2 Å². The molecule has 0 radical (unpaired) electrons. The highest BCUT2D eigenvalue weighted by Crippen LogP contribution is 2.25. The molecule has 0 aliphatic rings. The molecule has 3 aromatic rings. The lowest BCUT2D eigenvalue weighted by atomic mass is 10.1. The number of amides is 1. The average Bonchev–Trinajstić information content (AvgIpc) is 2.50. The minimum atomic E-state index is -1.000. The Morgan fingerprint density at radius 3 is 2.61 bits per heavy atom. The SMILES string of the molecule is O=C(Nc1ccc(F)cc1F)c1c(O)c2ccccc2[nH]c1=O. The van der Waals surface area contributed by atoms with Crippen LogP contribution in [0.25, 0.3) is 10.9 Å². The van der Waals surface area contributed by atoms with Gasteiger partial charge in [0.1, 0.15) is 22.9 Å². The zero-order valence-corrected chi connectivity index (χ0v) is 11.6. The molecule has 0 aliphatic heterocycles. The summed E-state index contributed by atoms with van der Waals surface area (Å²) in [6.07, 6.45) is 0. The van der Waals surface area contributed by atoms with Crippen molar-refractivity contribution < 1.29 is 18.7 Å². The number of aromatic hydroxyl groups is 1. The summed E-state index contributed by atoms with van der Waals surface area (Å²) in [6, 6.07) is 8.96. The van der Waals surface area contributed by atoms with E-state index in [1.54, 1.807) is 18.2 Å². The number of para-hydroxylation sites is 1. The molecule has 0 saturated carbocycles. The highest BCUT2D eigenvalue weighted by Gasteiger charge is 2.20. The Morgan fingerprint density at radius 1 is 1.13 bits per heavy atom. The summed E-state index contributed by atoms with van der Waals surface area (Å²) in [5, 5.41) is 12.6. The summed E-state index contributed by atoms with van der Waals surface area (Å²) in [7, 11) is 0. The number of halogens is 2. The van der Waals surface area contributed by atoms with E-state index in [0.29, 0.717) is 11.6 Å². The van der Waals surface area contributed by atoms with Crippen molar-refractivity contribution in [3.8, 4) is 5.75 Å². The lowest BCUT2D eigenvalue weighted by Gasteiger charge is -2.09. The van der Waals surface area contributed by atoms with Crippen molar-refractivity contribution in [2.24, 2.45) is 0 Å². The summed E-state index contributed by atoms with van der Waals surface area (Å²) in [4.78, 5) is 26.6. The first-order valence-electron chi connectivity index (χ1n) is 6.58. The number of aromatic nitrogens is 1. The smallest absolute Gasteiger partial charge is 0.265 e. The van der Waals surface area contributed by atoms with Gasteiger partial charge in [0.25, 0.3) is 11.5 Å². The molecule has 0 fully saturated rings. The van der Waals surface area contributed by atoms with Gasteiger partial charge in [-0.25, -0.2) is 8.78 Å². The van der Waals surface area contributed by atoms with Gasteiger partial charge in [0, 0.05) is 11.5 Å². The molecule has 1 aromatic heterocycles. The molecule has 0 aliphatic carbocycles. The van der Waals surface area contributed by atoms with Gasteiger partial charge in [-0.2, -0.15) is 0 Å². The fourth-order valence-electron chi connectivity index (χ4n) is 2.21. The minimum absolute atomic E-state index is 0.275. The molecular weight excluding hydrogens is 306 g/mol. The van der Waals surface area contributed by atoms with Crippen molar-refractivity contribution >= 4 is 22.5 Å². The van der Waals surface area contributed by atoms with E-state index >= 15 is 0 Å². The Labute approximate surface area is 128 Å². The van der Waals surface area contributed by atoms with Crippen LogP contribution >= 0.6 is 0 Å². The zero-order chi connectivity index (χ0) is 16.6. The van der Waals surface area contributed by atoms with E-state index in [-0.39, 0.29) is 11.1 Å². The van der Waals surface area contributed by atoms with Gasteiger partial charge in [-0.15, -0.1) is 0 Å². The summed E-state index contributed by atoms with van der Waals surface area (Å²) in [6.45, 7) is 0. The first-order chi connectivity index (χ1) is 11.0. The van der Waals surface area contributed by atoms with Crippen LogP contribution in [0, 0.1) is 11.6 Å². The van der Waals surface area contributed by atoms with Gasteiger partial charge >= 0.3 is 0 Å². The number of rotatable bonds is 2. The van der Waals surface area contributed by atoms with E-state index in [2.05, 4.69) is 10.3 Å². The Morgan fingerprint density at radius 2 is 1.87 bits per heavy atom. The summed E-state index contributed by atoms with van der Waals surface area (Å²) in [5.74, 6) is -3.30. The quantitative estimate of drug-likeness (QED) is 0.680. The third-order valence-electron chi connectivity index (χ3n) is 3.30. The molecule has 0 spiro atoms. The number of anilines is 1. The average molecular weight is 316 g/mol. The van der Waals surface area contributed by atoms with Crippen LogP contribution in [0.4, 0.5) is 14.5 Å². The molecule has 0 atom stereocenters. The fraction of sp³-hybridized carbons (Fsp3) is 0. The van der Waals surface area contributed by atoms with E-state index < -0.39 is 34.4 Å². The number of pyridine rings is 1. The molecule has 3 N–H and O–H groups in total. The maximum atomic E-state index is 13.6. The van der Waals surface area contributed by atoms with E-state index in [4.69, 9.17) is 0 Å². The lowest BCUT2D eigenvalue weighted by Crippen LogP contribution is -2.23. The fourth-order valence-corrected chi connectivity index (χ4v) is 2.21. The van der Waals surface area contributed by atoms with Crippen molar-refractivity contribution in [3.63, 3.8) is 0 Å². The van der Waals surface area contributed by atoms with Crippen LogP contribution in [0.2, 0.25) is 0 Å². The Kier molecular flexibility index (Phi) is 3.53. The van der Waals surface area contributed by atoms with Crippen molar-refractivity contribution in [2.75, 3.05) is 5.32 Å². The predicted molar refractivity (Wildman–Crippen MR) is 80.5 cm³/mol. The molecule has 116 valence electrons. The van der Waals surface area contributed by atoms with Gasteiger partial charge in [0.05, 0.1) is 11.2 Å². The highest BCUT2D eigenvalue weighted by molar-refractivity contribution is 6.08. The second-order valence-electron chi connectivity index (χ2n) is 4.80. The van der Waals surface area contributed by atoms with Gasteiger partial charge in [-0.3, -0.25) is 9.59 Å². The second kappa shape index (κ2) is 5.53. The van der Waals surface area contributed by atoms with Crippen LogP contribution in [-0.2, 0) is 0 Å².